The van der Waals surface area contributed by atoms with Gasteiger partial charge in [0.1, 0.15) is 0 Å². The maximum atomic E-state index is 9.97. The molecular formula is C17H24O2. The van der Waals surface area contributed by atoms with Crippen LogP contribution in [0.2, 0.25) is 0 Å². The molecule has 3 rings (SSSR count). The van der Waals surface area contributed by atoms with Crippen LogP contribution in [0.3, 0.4) is 0 Å². The second-order valence-corrected chi connectivity index (χ2v) is 6.49. The van der Waals surface area contributed by atoms with Crippen molar-refractivity contribution in [1.82, 2.24) is 0 Å². The predicted molar refractivity (Wildman–Crippen MR) is 76.2 cm³/mol. The lowest BCUT2D eigenvalue weighted by Crippen LogP contribution is -2.38. The molecule has 1 saturated carbocycles. The lowest BCUT2D eigenvalue weighted by atomic mass is 9.74. The molecule has 2 aliphatic rings. The van der Waals surface area contributed by atoms with Gasteiger partial charge in [-0.25, -0.2) is 0 Å². The van der Waals surface area contributed by atoms with E-state index in [4.69, 9.17) is 4.74 Å². The summed E-state index contributed by atoms with van der Waals surface area (Å²) in [7, 11) is 0. The first-order chi connectivity index (χ1) is 9.14. The van der Waals surface area contributed by atoms with Crippen molar-refractivity contribution in [3.05, 3.63) is 34.9 Å². The van der Waals surface area contributed by atoms with E-state index in [1.54, 1.807) is 0 Å². The fourth-order valence-electron chi connectivity index (χ4n) is 3.48. The van der Waals surface area contributed by atoms with Crippen LogP contribution in [0.1, 0.15) is 36.0 Å². The van der Waals surface area contributed by atoms with Gasteiger partial charge in [-0.1, -0.05) is 18.2 Å². The zero-order chi connectivity index (χ0) is 13.5. The average Bonchev–Trinajstić information content (AvgIpc) is 3.16. The van der Waals surface area contributed by atoms with Gasteiger partial charge in [-0.3, -0.25) is 0 Å². The molecule has 0 amide bonds. The molecular weight excluding hydrogens is 236 g/mol. The molecule has 0 radical (unpaired) electrons. The summed E-state index contributed by atoms with van der Waals surface area (Å²) < 4.78 is 5.95. The van der Waals surface area contributed by atoms with Crippen LogP contribution in [0.25, 0.3) is 0 Å². The van der Waals surface area contributed by atoms with Gasteiger partial charge in [-0.05, 0) is 62.1 Å². The molecule has 0 aromatic heterocycles. The highest BCUT2D eigenvalue weighted by atomic mass is 16.5. The smallest absolute Gasteiger partial charge is 0.0685 e. The van der Waals surface area contributed by atoms with Crippen LogP contribution in [-0.4, -0.2) is 24.4 Å². The van der Waals surface area contributed by atoms with Crippen LogP contribution in [0.5, 0.6) is 0 Å². The number of aliphatic hydroxyl groups excluding tert-OH is 1. The maximum absolute atomic E-state index is 9.97. The van der Waals surface area contributed by atoms with Gasteiger partial charge in [0, 0.05) is 12.0 Å². The number of aliphatic hydroxyl groups is 1. The van der Waals surface area contributed by atoms with E-state index in [1.165, 1.54) is 29.5 Å². The summed E-state index contributed by atoms with van der Waals surface area (Å²) >= 11 is 0. The molecule has 2 nitrogen and oxygen atoms in total. The van der Waals surface area contributed by atoms with Crippen LogP contribution in [0.15, 0.2) is 18.2 Å². The van der Waals surface area contributed by atoms with Crippen molar-refractivity contribution in [1.29, 1.82) is 0 Å². The van der Waals surface area contributed by atoms with Gasteiger partial charge in [0.05, 0.1) is 12.7 Å². The van der Waals surface area contributed by atoms with Crippen molar-refractivity contribution in [2.45, 2.75) is 45.6 Å². The lowest BCUT2D eigenvalue weighted by Gasteiger charge is -2.32. The minimum atomic E-state index is -0.0388. The number of ether oxygens (including phenoxy) is 1. The second-order valence-electron chi connectivity index (χ2n) is 6.49. The molecule has 19 heavy (non-hydrogen) atoms. The van der Waals surface area contributed by atoms with Gasteiger partial charge >= 0.3 is 0 Å². The zero-order valence-electron chi connectivity index (χ0n) is 12.0. The molecule has 1 aromatic rings. The SMILES string of the molecule is Cc1ccc(CC2(CO)CCOC2C2CC2)cc1C. The van der Waals surface area contributed by atoms with Crippen molar-refractivity contribution in [2.75, 3.05) is 13.2 Å². The van der Waals surface area contributed by atoms with Crippen LogP contribution < -0.4 is 0 Å². The molecule has 1 aromatic carbocycles. The molecule has 104 valence electrons. The summed E-state index contributed by atoms with van der Waals surface area (Å²) in [6, 6.07) is 6.68. The molecule has 1 aliphatic carbocycles. The summed E-state index contributed by atoms with van der Waals surface area (Å²) in [6.07, 6.45) is 4.78. The number of rotatable bonds is 4. The van der Waals surface area contributed by atoms with E-state index in [0.29, 0.717) is 5.92 Å². The van der Waals surface area contributed by atoms with Crippen LogP contribution in [0, 0.1) is 25.2 Å². The highest BCUT2D eigenvalue weighted by Crippen LogP contribution is 2.49. The topological polar surface area (TPSA) is 29.5 Å². The van der Waals surface area contributed by atoms with E-state index in [1.807, 2.05) is 0 Å². The Balaban J connectivity index is 1.83. The highest BCUT2D eigenvalue weighted by molar-refractivity contribution is 5.31. The maximum Gasteiger partial charge on any atom is 0.0685 e. The Kier molecular flexibility index (Phi) is 3.40. The van der Waals surface area contributed by atoms with Crippen molar-refractivity contribution in [2.24, 2.45) is 11.3 Å². The lowest BCUT2D eigenvalue weighted by molar-refractivity contribution is 0.000580. The van der Waals surface area contributed by atoms with Gasteiger partial charge in [-0.15, -0.1) is 0 Å². The van der Waals surface area contributed by atoms with Crippen LogP contribution in [-0.2, 0) is 11.2 Å². The first-order valence-corrected chi connectivity index (χ1v) is 7.43. The van der Waals surface area contributed by atoms with E-state index in [0.717, 1.165) is 19.4 Å². The van der Waals surface area contributed by atoms with E-state index in [-0.39, 0.29) is 18.1 Å². The molecule has 2 fully saturated rings. The van der Waals surface area contributed by atoms with E-state index in [9.17, 15) is 5.11 Å². The molecule has 0 spiro atoms. The molecule has 2 unspecified atom stereocenters. The summed E-state index contributed by atoms with van der Waals surface area (Å²) in [4.78, 5) is 0. The number of benzene rings is 1. The van der Waals surface area contributed by atoms with Crippen molar-refractivity contribution >= 4 is 0 Å². The number of hydrogen-bond acceptors (Lipinski definition) is 2. The number of aryl methyl sites for hydroxylation is 2. The first kappa shape index (κ1) is 13.1. The monoisotopic (exact) mass is 260 g/mol. The zero-order valence-corrected chi connectivity index (χ0v) is 12.0. The fraction of sp³-hybridized carbons (Fsp3) is 0.647. The first-order valence-electron chi connectivity index (χ1n) is 7.43. The molecule has 0 bridgehead atoms. The molecule has 2 heteroatoms. The van der Waals surface area contributed by atoms with Crippen LogP contribution >= 0.6 is 0 Å². The van der Waals surface area contributed by atoms with E-state index in [2.05, 4.69) is 32.0 Å². The Hall–Kier alpha value is -0.860. The van der Waals surface area contributed by atoms with Gasteiger partial charge < -0.3 is 9.84 Å². The third kappa shape index (κ3) is 2.44. The Labute approximate surface area is 115 Å². The van der Waals surface area contributed by atoms with Gasteiger partial charge in [-0.2, -0.15) is 0 Å². The third-order valence-corrected chi connectivity index (χ3v) is 4.99. The summed E-state index contributed by atoms with van der Waals surface area (Å²) in [5.74, 6) is 0.696. The second kappa shape index (κ2) is 4.92. The quantitative estimate of drug-likeness (QED) is 0.901. The van der Waals surface area contributed by atoms with E-state index >= 15 is 0 Å². The average molecular weight is 260 g/mol. The Morgan fingerprint density at radius 2 is 2.05 bits per heavy atom. The number of hydrogen-bond donors (Lipinski definition) is 1. The third-order valence-electron chi connectivity index (χ3n) is 4.99. The molecule has 1 heterocycles. The summed E-state index contributed by atoms with van der Waals surface area (Å²) in [5, 5.41) is 9.97. The Bertz CT molecular complexity index is 464. The molecule has 1 saturated heterocycles. The fourth-order valence-corrected chi connectivity index (χ4v) is 3.48. The van der Waals surface area contributed by atoms with Gasteiger partial charge in [0.25, 0.3) is 0 Å². The van der Waals surface area contributed by atoms with Crippen LogP contribution in [0.4, 0.5) is 0 Å². The summed E-state index contributed by atoms with van der Waals surface area (Å²) in [6.45, 7) is 5.37. The van der Waals surface area contributed by atoms with Gasteiger partial charge in [0.15, 0.2) is 0 Å². The Morgan fingerprint density at radius 3 is 2.68 bits per heavy atom. The van der Waals surface area contributed by atoms with Crippen molar-refractivity contribution < 1.29 is 9.84 Å². The molecule has 1 N–H and O–H groups in total. The minimum absolute atomic E-state index is 0.0388. The van der Waals surface area contributed by atoms with Crippen molar-refractivity contribution in [3.8, 4) is 0 Å². The molecule has 1 aliphatic heterocycles. The minimum Gasteiger partial charge on any atom is -0.396 e. The van der Waals surface area contributed by atoms with Crippen molar-refractivity contribution in [3.63, 3.8) is 0 Å². The Morgan fingerprint density at radius 1 is 1.26 bits per heavy atom. The van der Waals surface area contributed by atoms with Gasteiger partial charge in [0.2, 0.25) is 0 Å². The predicted octanol–water partition coefficient (Wildman–Crippen LogP) is 3.02. The normalized spacial score (nSPS) is 30.8. The molecule has 2 atom stereocenters. The largest absolute Gasteiger partial charge is 0.396 e. The summed E-state index contributed by atoms with van der Waals surface area (Å²) in [5.41, 5.74) is 3.98. The highest BCUT2D eigenvalue weighted by Gasteiger charge is 2.50. The standard InChI is InChI=1S/C17H24O2/c1-12-3-4-14(9-13(12)2)10-17(11-18)7-8-19-16(17)15-5-6-15/h3-4,9,15-16,18H,5-8,10-11H2,1-2H3. The van der Waals surface area contributed by atoms with E-state index < -0.39 is 0 Å².